The molecule has 0 bridgehead atoms. The van der Waals surface area contributed by atoms with E-state index in [0.717, 1.165) is 18.5 Å². The molecule has 2 amide bonds. The molecule has 1 aromatic rings. The van der Waals surface area contributed by atoms with Crippen molar-refractivity contribution in [1.29, 1.82) is 0 Å². The van der Waals surface area contributed by atoms with E-state index in [-0.39, 0.29) is 11.8 Å². The molecule has 0 fully saturated rings. The Morgan fingerprint density at radius 1 is 1.41 bits per heavy atom. The Hall–Kier alpha value is -2.11. The third-order valence-corrected chi connectivity index (χ3v) is 4.46. The summed E-state index contributed by atoms with van der Waals surface area (Å²) in [6, 6.07) is 1.43. The third-order valence-electron chi connectivity index (χ3n) is 4.46. The molecule has 0 spiro atoms. The third kappa shape index (κ3) is 2.91. The first-order valence-electron chi connectivity index (χ1n) is 7.88. The molecule has 3 rings (SSSR count). The summed E-state index contributed by atoms with van der Waals surface area (Å²) in [5.41, 5.74) is 2.15. The minimum Gasteiger partial charge on any atom is -0.357 e. The zero-order valence-electron chi connectivity index (χ0n) is 12.9. The highest BCUT2D eigenvalue weighted by molar-refractivity contribution is 5.83. The van der Waals surface area contributed by atoms with Crippen LogP contribution in [-0.4, -0.2) is 40.1 Å². The number of rotatable bonds is 3. The number of aromatic nitrogens is 2. The van der Waals surface area contributed by atoms with Crippen molar-refractivity contribution in [3.8, 4) is 0 Å². The average Bonchev–Trinajstić information content (AvgIpc) is 3.02. The van der Waals surface area contributed by atoms with Crippen molar-refractivity contribution in [2.24, 2.45) is 0 Å². The van der Waals surface area contributed by atoms with Gasteiger partial charge < -0.3 is 10.2 Å². The fourth-order valence-corrected chi connectivity index (χ4v) is 3.22. The van der Waals surface area contributed by atoms with E-state index < -0.39 is 6.04 Å². The Labute approximate surface area is 130 Å². The van der Waals surface area contributed by atoms with Gasteiger partial charge in [0.1, 0.15) is 6.04 Å². The van der Waals surface area contributed by atoms with E-state index in [9.17, 15) is 9.59 Å². The zero-order valence-corrected chi connectivity index (χ0v) is 12.9. The standard InChI is InChI=1S/C16H22N4O2/c1-17-16(22)14-11-19(10-13-7-8-18-20(13)14)15(21)9-12-5-3-2-4-6-12/h5,7-8,14H,2-4,6,9-11H2,1H3,(H,17,22)/t14-/m1/s1. The number of allylic oxidation sites excluding steroid dienone is 1. The van der Waals surface area contributed by atoms with E-state index >= 15 is 0 Å². The van der Waals surface area contributed by atoms with Crippen molar-refractivity contribution in [3.63, 3.8) is 0 Å². The van der Waals surface area contributed by atoms with Crippen molar-refractivity contribution in [1.82, 2.24) is 20.0 Å². The van der Waals surface area contributed by atoms with Gasteiger partial charge in [0.25, 0.3) is 0 Å². The maximum absolute atomic E-state index is 12.6. The van der Waals surface area contributed by atoms with Gasteiger partial charge in [-0.1, -0.05) is 11.6 Å². The summed E-state index contributed by atoms with van der Waals surface area (Å²) in [5, 5.41) is 6.88. The van der Waals surface area contributed by atoms with Gasteiger partial charge in [-0.15, -0.1) is 0 Å². The second-order valence-corrected chi connectivity index (χ2v) is 5.96. The quantitative estimate of drug-likeness (QED) is 0.858. The Bertz CT molecular complexity index is 605. The second-order valence-electron chi connectivity index (χ2n) is 5.96. The smallest absolute Gasteiger partial charge is 0.246 e. The van der Waals surface area contributed by atoms with Crippen molar-refractivity contribution in [2.45, 2.75) is 44.7 Å². The molecule has 1 aliphatic heterocycles. The van der Waals surface area contributed by atoms with E-state index in [2.05, 4.69) is 16.5 Å². The van der Waals surface area contributed by atoms with Crippen LogP contribution in [-0.2, 0) is 16.1 Å². The summed E-state index contributed by atoms with van der Waals surface area (Å²) < 4.78 is 1.72. The predicted molar refractivity (Wildman–Crippen MR) is 81.9 cm³/mol. The number of carbonyl (C=O) groups excluding carboxylic acids is 2. The molecule has 1 atom stereocenters. The average molecular weight is 302 g/mol. The highest BCUT2D eigenvalue weighted by Crippen LogP contribution is 2.24. The lowest BCUT2D eigenvalue weighted by Crippen LogP contribution is -2.46. The molecule has 1 aromatic heterocycles. The van der Waals surface area contributed by atoms with Crippen LogP contribution in [0.3, 0.4) is 0 Å². The van der Waals surface area contributed by atoms with E-state index in [1.807, 2.05) is 6.07 Å². The number of hydrogen-bond donors (Lipinski definition) is 1. The molecular weight excluding hydrogens is 280 g/mol. The predicted octanol–water partition coefficient (Wildman–Crippen LogP) is 1.40. The molecule has 22 heavy (non-hydrogen) atoms. The zero-order chi connectivity index (χ0) is 15.5. The minimum atomic E-state index is -0.437. The highest BCUT2D eigenvalue weighted by atomic mass is 16.2. The van der Waals surface area contributed by atoms with Crippen LogP contribution in [0.5, 0.6) is 0 Å². The van der Waals surface area contributed by atoms with Crippen LogP contribution in [0.4, 0.5) is 0 Å². The van der Waals surface area contributed by atoms with Gasteiger partial charge >= 0.3 is 0 Å². The topological polar surface area (TPSA) is 67.2 Å². The van der Waals surface area contributed by atoms with Gasteiger partial charge in [-0.05, 0) is 31.7 Å². The van der Waals surface area contributed by atoms with E-state index in [4.69, 9.17) is 0 Å². The molecule has 0 saturated heterocycles. The largest absolute Gasteiger partial charge is 0.357 e. The molecular formula is C16H22N4O2. The van der Waals surface area contributed by atoms with Crippen molar-refractivity contribution in [2.75, 3.05) is 13.6 Å². The highest BCUT2D eigenvalue weighted by Gasteiger charge is 2.32. The Morgan fingerprint density at radius 2 is 2.27 bits per heavy atom. The normalized spacial score (nSPS) is 21.0. The maximum atomic E-state index is 12.6. The molecule has 2 heterocycles. The summed E-state index contributed by atoms with van der Waals surface area (Å²) >= 11 is 0. The molecule has 0 saturated carbocycles. The lowest BCUT2D eigenvalue weighted by molar-refractivity contribution is -0.134. The van der Waals surface area contributed by atoms with Crippen LogP contribution in [0, 0.1) is 0 Å². The first-order valence-corrected chi connectivity index (χ1v) is 7.88. The minimum absolute atomic E-state index is 0.106. The van der Waals surface area contributed by atoms with E-state index in [1.54, 1.807) is 22.8 Å². The summed E-state index contributed by atoms with van der Waals surface area (Å²) in [7, 11) is 1.61. The second kappa shape index (κ2) is 6.34. The van der Waals surface area contributed by atoms with Gasteiger partial charge in [0.05, 0.1) is 18.8 Å². The first kappa shape index (κ1) is 14.8. The van der Waals surface area contributed by atoms with Crippen LogP contribution in [0.25, 0.3) is 0 Å². The van der Waals surface area contributed by atoms with Gasteiger partial charge in [0.15, 0.2) is 0 Å². The molecule has 1 aliphatic carbocycles. The molecule has 0 radical (unpaired) electrons. The van der Waals surface area contributed by atoms with Gasteiger partial charge in [-0.3, -0.25) is 14.3 Å². The lowest BCUT2D eigenvalue weighted by atomic mass is 9.96. The number of nitrogens with one attached hydrogen (secondary N) is 1. The number of carbonyl (C=O) groups is 2. The van der Waals surface area contributed by atoms with Gasteiger partial charge in [-0.25, -0.2) is 0 Å². The summed E-state index contributed by atoms with van der Waals surface area (Å²) in [4.78, 5) is 26.4. The van der Waals surface area contributed by atoms with E-state index in [1.165, 1.54) is 18.4 Å². The van der Waals surface area contributed by atoms with Crippen molar-refractivity contribution < 1.29 is 9.59 Å². The molecule has 6 nitrogen and oxygen atoms in total. The fourth-order valence-electron chi connectivity index (χ4n) is 3.22. The van der Waals surface area contributed by atoms with Crippen LogP contribution in [0.2, 0.25) is 0 Å². The summed E-state index contributed by atoms with van der Waals surface area (Å²) in [6.45, 7) is 0.917. The molecule has 0 aromatic carbocycles. The Morgan fingerprint density at radius 3 is 3.00 bits per heavy atom. The number of amides is 2. The SMILES string of the molecule is CNC(=O)[C@H]1CN(C(=O)CC2=CCCCC2)Cc2ccnn21. The molecule has 0 unspecified atom stereocenters. The monoisotopic (exact) mass is 302 g/mol. The molecule has 118 valence electrons. The number of fused-ring (bicyclic) bond motifs is 1. The van der Waals surface area contributed by atoms with Crippen LogP contribution >= 0.6 is 0 Å². The van der Waals surface area contributed by atoms with Gasteiger partial charge in [-0.2, -0.15) is 5.10 Å². The molecule has 1 N–H and O–H groups in total. The number of likely N-dealkylation sites (N-methyl/N-ethyl adjacent to an activating group) is 1. The van der Waals surface area contributed by atoms with Crippen LogP contribution in [0.15, 0.2) is 23.9 Å². The van der Waals surface area contributed by atoms with Crippen LogP contribution < -0.4 is 5.32 Å². The van der Waals surface area contributed by atoms with Gasteiger partial charge in [0, 0.05) is 19.7 Å². The van der Waals surface area contributed by atoms with E-state index in [0.29, 0.717) is 19.5 Å². The summed E-state index contributed by atoms with van der Waals surface area (Å²) in [5.74, 6) is -0.00571. The number of hydrogen-bond acceptors (Lipinski definition) is 3. The maximum Gasteiger partial charge on any atom is 0.246 e. The molecule has 6 heteroatoms. The Balaban J connectivity index is 1.74. The van der Waals surface area contributed by atoms with Crippen LogP contribution in [0.1, 0.15) is 43.8 Å². The lowest BCUT2D eigenvalue weighted by Gasteiger charge is -2.33. The summed E-state index contributed by atoms with van der Waals surface area (Å²) in [6.07, 6.45) is 8.86. The number of nitrogens with zero attached hydrogens (tertiary/aromatic N) is 3. The Kier molecular flexibility index (Phi) is 4.27. The fraction of sp³-hybridized carbons (Fsp3) is 0.562. The molecule has 2 aliphatic rings. The van der Waals surface area contributed by atoms with Crippen molar-refractivity contribution >= 4 is 11.8 Å². The van der Waals surface area contributed by atoms with Crippen molar-refractivity contribution in [3.05, 3.63) is 29.6 Å². The van der Waals surface area contributed by atoms with Gasteiger partial charge in [0.2, 0.25) is 11.8 Å². The first-order chi connectivity index (χ1) is 10.7.